The molecule has 0 aromatic heterocycles. The van der Waals surface area contributed by atoms with Crippen molar-refractivity contribution in [2.24, 2.45) is 0 Å². The van der Waals surface area contributed by atoms with Gasteiger partial charge < -0.3 is 10.1 Å². The predicted molar refractivity (Wildman–Crippen MR) is 129 cm³/mol. The molecule has 0 radical (unpaired) electrons. The first-order chi connectivity index (χ1) is 17.9. The molecule has 2 aromatic rings. The van der Waals surface area contributed by atoms with Crippen LogP contribution in [0.4, 0.5) is 22.0 Å². The lowest BCUT2D eigenvalue weighted by molar-refractivity contribution is -0.139. The first kappa shape index (κ1) is 27.8. The third-order valence-electron chi connectivity index (χ3n) is 6.52. The second-order valence-electron chi connectivity index (χ2n) is 9.20. The van der Waals surface area contributed by atoms with Crippen LogP contribution in [0.15, 0.2) is 52.2 Å². The number of rotatable bonds is 7. The molecule has 2 aromatic carbocycles. The molecule has 12 heteroatoms. The molecule has 1 N–H and O–H groups in total. The highest BCUT2D eigenvalue weighted by molar-refractivity contribution is 7.95. The average molecular weight is 557 g/mol. The number of hydrogen-bond acceptors (Lipinski definition) is 6. The van der Waals surface area contributed by atoms with E-state index in [1.54, 1.807) is 7.05 Å². The van der Waals surface area contributed by atoms with E-state index in [1.165, 1.54) is 6.92 Å². The van der Waals surface area contributed by atoms with E-state index in [4.69, 9.17) is 4.74 Å². The van der Waals surface area contributed by atoms with Crippen molar-refractivity contribution in [3.8, 4) is 0 Å². The minimum absolute atomic E-state index is 0.00238. The third-order valence-corrected chi connectivity index (χ3v) is 8.50. The Morgan fingerprint density at radius 2 is 1.63 bits per heavy atom. The summed E-state index contributed by atoms with van der Waals surface area (Å²) in [6.07, 6.45) is 0.323. The van der Waals surface area contributed by atoms with Crippen LogP contribution in [0.1, 0.15) is 36.8 Å². The van der Waals surface area contributed by atoms with Gasteiger partial charge in [0.15, 0.2) is 33.1 Å². The zero-order valence-corrected chi connectivity index (χ0v) is 21.4. The summed E-state index contributed by atoms with van der Waals surface area (Å²) in [5, 5.41) is 2.78. The Bertz CT molecular complexity index is 1410. The minimum Gasteiger partial charge on any atom is -0.461 e. The second kappa shape index (κ2) is 10.9. The first-order valence-corrected chi connectivity index (χ1v) is 13.4. The number of sulfone groups is 1. The molecule has 0 aliphatic carbocycles. The highest BCUT2D eigenvalue weighted by Gasteiger charge is 2.46. The van der Waals surface area contributed by atoms with E-state index in [0.717, 1.165) is 5.56 Å². The highest BCUT2D eigenvalue weighted by atomic mass is 32.2. The van der Waals surface area contributed by atoms with Gasteiger partial charge >= 0.3 is 5.97 Å². The summed E-state index contributed by atoms with van der Waals surface area (Å²) < 4.78 is 104. The number of ether oxygens (including phenoxy) is 1. The lowest BCUT2D eigenvalue weighted by Crippen LogP contribution is -2.37. The molecule has 204 valence electrons. The number of carbonyl (C=O) groups excluding carboxylic acids is 1. The van der Waals surface area contributed by atoms with E-state index >= 15 is 0 Å². The van der Waals surface area contributed by atoms with Gasteiger partial charge in [-0.2, -0.15) is 0 Å². The number of nitrogens with zero attached hydrogens (tertiary/aromatic N) is 1. The maximum Gasteiger partial charge on any atom is 0.336 e. The molecule has 4 rings (SSSR count). The second-order valence-corrected chi connectivity index (χ2v) is 11.3. The van der Waals surface area contributed by atoms with E-state index in [0.29, 0.717) is 6.54 Å². The molecule has 1 atom stereocenters. The predicted octanol–water partition coefficient (Wildman–Crippen LogP) is 4.44. The van der Waals surface area contributed by atoms with Crippen LogP contribution < -0.4 is 5.32 Å². The Kier molecular flexibility index (Phi) is 7.93. The number of likely N-dealkylation sites (N-methyl/N-ethyl adjacent to an activating group) is 1. The maximum atomic E-state index is 15.0. The number of hydrogen-bond donors (Lipinski definition) is 1. The van der Waals surface area contributed by atoms with Gasteiger partial charge in [0.2, 0.25) is 5.82 Å². The molecule has 2 heterocycles. The maximum absolute atomic E-state index is 15.0. The summed E-state index contributed by atoms with van der Waals surface area (Å²) >= 11 is 0. The Morgan fingerprint density at radius 3 is 2.26 bits per heavy atom. The van der Waals surface area contributed by atoms with Gasteiger partial charge in [0.1, 0.15) is 6.61 Å². The largest absolute Gasteiger partial charge is 0.461 e. The third kappa shape index (κ3) is 5.19. The summed E-state index contributed by atoms with van der Waals surface area (Å²) in [6.45, 7) is 1.95. The van der Waals surface area contributed by atoms with Crippen molar-refractivity contribution >= 4 is 15.8 Å². The summed E-state index contributed by atoms with van der Waals surface area (Å²) in [5.41, 5.74) is -0.902. The Labute approximate surface area is 216 Å². The molecular formula is C26H25F5N2O4S. The monoisotopic (exact) mass is 556 g/mol. The van der Waals surface area contributed by atoms with Gasteiger partial charge in [0.25, 0.3) is 0 Å². The standard InChI is InChI=1S/C26H25F5N2O4S/c1-14-17(26(34)37-11-10-33(2)13-15-7-4-3-5-8-15)18(25-16(32-14)9-6-12-38(25,35)36)19-20(27)22(29)24(31)23(30)21(19)28/h3-5,7-8,18,32H,6,9-13H2,1-2H3. The van der Waals surface area contributed by atoms with Crippen molar-refractivity contribution < 1.29 is 39.9 Å². The zero-order chi connectivity index (χ0) is 27.8. The van der Waals surface area contributed by atoms with Crippen LogP contribution >= 0.6 is 0 Å². The van der Waals surface area contributed by atoms with Crippen molar-refractivity contribution in [1.29, 1.82) is 0 Å². The molecule has 1 unspecified atom stereocenters. The topological polar surface area (TPSA) is 75.7 Å². The Balaban J connectivity index is 1.69. The van der Waals surface area contributed by atoms with Crippen molar-refractivity contribution in [3.05, 3.63) is 92.4 Å². The summed E-state index contributed by atoms with van der Waals surface area (Å²) in [7, 11) is -2.44. The highest BCUT2D eigenvalue weighted by Crippen LogP contribution is 2.46. The lowest BCUT2D eigenvalue weighted by Gasteiger charge is -2.34. The van der Waals surface area contributed by atoms with Crippen LogP contribution in [0.25, 0.3) is 0 Å². The van der Waals surface area contributed by atoms with Gasteiger partial charge in [-0.1, -0.05) is 30.3 Å². The van der Waals surface area contributed by atoms with Gasteiger partial charge in [-0.3, -0.25) is 4.90 Å². The number of nitrogens with one attached hydrogen (secondary N) is 1. The van der Waals surface area contributed by atoms with Crippen molar-refractivity contribution in [2.75, 3.05) is 26.0 Å². The van der Waals surface area contributed by atoms with Crippen molar-refractivity contribution in [2.45, 2.75) is 32.2 Å². The van der Waals surface area contributed by atoms with Crippen LogP contribution in [0, 0.1) is 29.1 Å². The van der Waals surface area contributed by atoms with E-state index in [-0.39, 0.29) is 37.4 Å². The van der Waals surface area contributed by atoms with Gasteiger partial charge in [0.05, 0.1) is 22.1 Å². The lowest BCUT2D eigenvalue weighted by atomic mass is 9.84. The molecule has 0 fully saturated rings. The number of esters is 1. The van der Waals surface area contributed by atoms with Gasteiger partial charge in [-0.05, 0) is 32.4 Å². The molecule has 0 spiro atoms. The molecular weight excluding hydrogens is 531 g/mol. The Hall–Kier alpha value is -3.25. The van der Waals surface area contributed by atoms with E-state index in [9.17, 15) is 35.2 Å². The smallest absolute Gasteiger partial charge is 0.336 e. The molecule has 2 aliphatic heterocycles. The average Bonchev–Trinajstić information content (AvgIpc) is 2.86. The number of carbonyl (C=O) groups is 1. The molecule has 0 amide bonds. The van der Waals surface area contributed by atoms with Crippen LogP contribution in [-0.4, -0.2) is 45.2 Å². The van der Waals surface area contributed by atoms with Gasteiger partial charge in [0, 0.05) is 30.0 Å². The van der Waals surface area contributed by atoms with Crippen molar-refractivity contribution in [3.63, 3.8) is 0 Å². The Morgan fingerprint density at radius 1 is 1.03 bits per heavy atom. The quantitative estimate of drug-likeness (QED) is 0.235. The van der Waals surface area contributed by atoms with Crippen molar-refractivity contribution in [1.82, 2.24) is 10.2 Å². The van der Waals surface area contributed by atoms with Gasteiger partial charge in [-0.15, -0.1) is 0 Å². The molecule has 6 nitrogen and oxygen atoms in total. The van der Waals surface area contributed by atoms with Crippen LogP contribution in [0.3, 0.4) is 0 Å². The molecule has 2 aliphatic rings. The SMILES string of the molecule is CC1=C(C(=O)OCCN(C)Cc2ccccc2)C(c2c(F)c(F)c(F)c(F)c2F)C2=C(CCCS2(=O)=O)N1. The summed E-state index contributed by atoms with van der Waals surface area (Å²) in [4.78, 5) is 14.5. The fourth-order valence-electron chi connectivity index (χ4n) is 4.75. The molecule has 38 heavy (non-hydrogen) atoms. The van der Waals surface area contributed by atoms with Crippen LogP contribution in [0.5, 0.6) is 0 Å². The van der Waals surface area contributed by atoms with Crippen LogP contribution in [0.2, 0.25) is 0 Å². The minimum atomic E-state index is -4.21. The molecule has 0 saturated carbocycles. The van der Waals surface area contributed by atoms with Crippen LogP contribution in [-0.2, 0) is 25.9 Å². The molecule has 0 bridgehead atoms. The number of dihydropyridines is 1. The van der Waals surface area contributed by atoms with E-state index < -0.39 is 72.6 Å². The fourth-order valence-corrected chi connectivity index (χ4v) is 6.61. The molecule has 0 saturated heterocycles. The summed E-state index contributed by atoms with van der Waals surface area (Å²) in [5.74, 6) is -14.9. The number of allylic oxidation sites excluding steroid dienone is 3. The number of halogens is 5. The number of benzene rings is 2. The first-order valence-electron chi connectivity index (χ1n) is 11.8. The summed E-state index contributed by atoms with van der Waals surface area (Å²) in [6, 6.07) is 9.43. The zero-order valence-electron chi connectivity index (χ0n) is 20.6. The van der Waals surface area contributed by atoms with E-state index in [2.05, 4.69) is 5.32 Å². The van der Waals surface area contributed by atoms with E-state index in [1.807, 2.05) is 35.2 Å². The van der Waals surface area contributed by atoms with Gasteiger partial charge in [-0.25, -0.2) is 35.2 Å². The normalized spacial score (nSPS) is 18.9. The fraction of sp³-hybridized carbons (Fsp3) is 0.346.